The van der Waals surface area contributed by atoms with Gasteiger partial charge in [-0.05, 0) is 54.9 Å². The molecule has 164 valence electrons. The number of benzene rings is 2. The number of imidazole rings is 1. The number of hydrogen-bond donors (Lipinski definition) is 1. The number of carbonyl (C=O) groups is 1. The van der Waals surface area contributed by atoms with Crippen LogP contribution in [0, 0.1) is 5.92 Å². The number of hydrogen-bond acceptors (Lipinski definition) is 2. The molecule has 31 heavy (non-hydrogen) atoms. The van der Waals surface area contributed by atoms with Crippen molar-refractivity contribution in [3.63, 3.8) is 0 Å². The van der Waals surface area contributed by atoms with E-state index in [0.717, 1.165) is 36.1 Å². The van der Waals surface area contributed by atoms with E-state index in [-0.39, 0.29) is 17.3 Å². The monoisotopic (exact) mass is 420 g/mol. The van der Waals surface area contributed by atoms with Crippen molar-refractivity contribution in [2.24, 2.45) is 5.92 Å². The van der Waals surface area contributed by atoms with Gasteiger partial charge in [-0.25, -0.2) is 9.59 Å². The van der Waals surface area contributed by atoms with Crippen molar-refractivity contribution in [3.05, 3.63) is 82.0 Å². The molecule has 1 aromatic heterocycles. The molecule has 0 spiro atoms. The van der Waals surface area contributed by atoms with Crippen LogP contribution in [0.3, 0.4) is 0 Å². The highest BCUT2D eigenvalue weighted by atomic mass is 16.4. The van der Waals surface area contributed by atoms with Crippen LogP contribution < -0.4 is 5.69 Å². The van der Waals surface area contributed by atoms with Gasteiger partial charge < -0.3 is 5.11 Å². The van der Waals surface area contributed by atoms with Crippen LogP contribution in [0.15, 0.2) is 59.5 Å². The second kappa shape index (κ2) is 9.82. The van der Waals surface area contributed by atoms with Crippen molar-refractivity contribution in [1.29, 1.82) is 0 Å². The van der Waals surface area contributed by atoms with Gasteiger partial charge in [0.1, 0.15) is 0 Å². The average Bonchev–Trinajstić information content (AvgIpc) is 3.07. The molecular formula is C26H32N2O3. The number of aryl methyl sites for hydroxylation is 1. The number of aromatic nitrogens is 2. The molecule has 1 unspecified atom stereocenters. The lowest BCUT2D eigenvalue weighted by molar-refractivity contribution is 0.0697. The fraction of sp³-hybridized carbons (Fsp3) is 0.385. The first-order valence-electron chi connectivity index (χ1n) is 11.0. The first-order valence-corrected chi connectivity index (χ1v) is 11.0. The summed E-state index contributed by atoms with van der Waals surface area (Å²) in [6, 6.07) is 15.0. The predicted molar refractivity (Wildman–Crippen MR) is 125 cm³/mol. The van der Waals surface area contributed by atoms with Gasteiger partial charge >= 0.3 is 11.7 Å². The molecule has 0 amide bonds. The fourth-order valence-electron chi connectivity index (χ4n) is 3.76. The van der Waals surface area contributed by atoms with Gasteiger partial charge in [0.25, 0.3) is 0 Å². The van der Waals surface area contributed by atoms with Crippen LogP contribution in [0.2, 0.25) is 0 Å². The summed E-state index contributed by atoms with van der Waals surface area (Å²) in [5.41, 5.74) is 3.96. The van der Waals surface area contributed by atoms with Crippen molar-refractivity contribution in [2.75, 3.05) is 0 Å². The Balaban J connectivity index is 1.91. The normalized spacial score (nSPS) is 12.3. The van der Waals surface area contributed by atoms with Crippen LogP contribution in [-0.2, 0) is 13.0 Å². The summed E-state index contributed by atoms with van der Waals surface area (Å²) >= 11 is 0. The highest BCUT2D eigenvalue weighted by molar-refractivity contribution is 5.95. The van der Waals surface area contributed by atoms with E-state index in [4.69, 9.17) is 0 Å². The van der Waals surface area contributed by atoms with Gasteiger partial charge in [0.05, 0.1) is 12.1 Å². The Labute approximate surface area is 184 Å². The molecule has 0 aliphatic rings. The maximum Gasteiger partial charge on any atom is 0.336 e. The lowest BCUT2D eigenvalue weighted by Crippen LogP contribution is -2.27. The van der Waals surface area contributed by atoms with Crippen molar-refractivity contribution in [1.82, 2.24) is 9.13 Å². The molecule has 0 radical (unpaired) electrons. The molecular weight excluding hydrogens is 388 g/mol. The summed E-state index contributed by atoms with van der Waals surface area (Å²) in [6.45, 7) is 9.07. The molecule has 1 N–H and O–H groups in total. The zero-order valence-corrected chi connectivity index (χ0v) is 18.8. The molecule has 0 saturated carbocycles. The molecule has 0 bridgehead atoms. The van der Waals surface area contributed by atoms with Gasteiger partial charge in [0, 0.05) is 17.9 Å². The second-order valence-electron chi connectivity index (χ2n) is 8.63. The Kier molecular flexibility index (Phi) is 7.16. The number of rotatable bonds is 9. The summed E-state index contributed by atoms with van der Waals surface area (Å²) in [7, 11) is 0. The van der Waals surface area contributed by atoms with Crippen molar-refractivity contribution < 1.29 is 9.90 Å². The Morgan fingerprint density at radius 1 is 1.03 bits per heavy atom. The van der Waals surface area contributed by atoms with E-state index in [2.05, 4.69) is 27.7 Å². The van der Waals surface area contributed by atoms with Gasteiger partial charge in [-0.1, -0.05) is 63.2 Å². The van der Waals surface area contributed by atoms with Gasteiger partial charge in [-0.3, -0.25) is 9.13 Å². The van der Waals surface area contributed by atoms with Crippen LogP contribution >= 0.6 is 0 Å². The minimum atomic E-state index is -0.938. The van der Waals surface area contributed by atoms with Crippen LogP contribution in [0.25, 0.3) is 11.1 Å². The third-order valence-electron chi connectivity index (χ3n) is 5.89. The quantitative estimate of drug-likeness (QED) is 0.488. The van der Waals surface area contributed by atoms with Gasteiger partial charge in [-0.2, -0.15) is 0 Å². The second-order valence-corrected chi connectivity index (χ2v) is 8.63. The predicted octanol–water partition coefficient (Wildman–Crippen LogP) is 5.62. The third-order valence-corrected chi connectivity index (χ3v) is 5.89. The number of nitrogens with zero attached hydrogens (tertiary/aromatic N) is 2. The van der Waals surface area contributed by atoms with Crippen LogP contribution in [0.4, 0.5) is 0 Å². The Morgan fingerprint density at radius 2 is 1.71 bits per heavy atom. The van der Waals surface area contributed by atoms with Crippen LogP contribution in [0.1, 0.15) is 68.2 Å². The van der Waals surface area contributed by atoms with Crippen LogP contribution in [-0.4, -0.2) is 20.2 Å². The molecule has 0 saturated heterocycles. The summed E-state index contributed by atoms with van der Waals surface area (Å²) in [5, 5.41) is 9.45. The van der Waals surface area contributed by atoms with E-state index >= 15 is 0 Å². The standard InChI is InChI=1S/C26H32N2O3/c1-5-19(4)27-17-22(15-10-18(2)3)28(26(27)31)16-20-11-13-21(14-12-20)23-8-6-7-9-24(23)25(29)30/h6-9,11-14,17-19H,5,10,15-16H2,1-4H3,(H,29,30). The van der Waals surface area contributed by atoms with Gasteiger partial charge in [0.15, 0.2) is 0 Å². The molecule has 0 aliphatic carbocycles. The molecule has 1 atom stereocenters. The minimum absolute atomic E-state index is 0.0356. The lowest BCUT2D eigenvalue weighted by Gasteiger charge is -2.11. The summed E-state index contributed by atoms with van der Waals surface area (Å²) in [5.74, 6) is -0.364. The van der Waals surface area contributed by atoms with Gasteiger partial charge in [-0.15, -0.1) is 0 Å². The summed E-state index contributed by atoms with van der Waals surface area (Å²) in [4.78, 5) is 24.6. The molecule has 0 aliphatic heterocycles. The van der Waals surface area contributed by atoms with E-state index in [1.165, 1.54) is 0 Å². The lowest BCUT2D eigenvalue weighted by atomic mass is 9.98. The van der Waals surface area contributed by atoms with E-state index in [9.17, 15) is 14.7 Å². The molecule has 1 heterocycles. The van der Waals surface area contributed by atoms with E-state index in [1.54, 1.807) is 12.1 Å². The average molecular weight is 421 g/mol. The van der Waals surface area contributed by atoms with E-state index in [0.29, 0.717) is 18.0 Å². The summed E-state index contributed by atoms with van der Waals surface area (Å²) in [6.07, 6.45) is 4.84. The maximum atomic E-state index is 13.1. The largest absolute Gasteiger partial charge is 0.478 e. The number of carboxylic acid groups (broad SMARTS) is 1. The zero-order valence-electron chi connectivity index (χ0n) is 18.8. The fourth-order valence-corrected chi connectivity index (χ4v) is 3.76. The number of carboxylic acids is 1. The SMILES string of the molecule is CCC(C)n1cc(CCC(C)C)n(Cc2ccc(-c3ccccc3C(=O)O)cc2)c1=O. The highest BCUT2D eigenvalue weighted by Crippen LogP contribution is 2.24. The topological polar surface area (TPSA) is 64.2 Å². The minimum Gasteiger partial charge on any atom is -0.478 e. The molecule has 3 aromatic rings. The zero-order chi connectivity index (χ0) is 22.5. The van der Waals surface area contributed by atoms with Crippen molar-refractivity contribution in [3.8, 4) is 11.1 Å². The maximum absolute atomic E-state index is 13.1. The van der Waals surface area contributed by atoms with Crippen LogP contribution in [0.5, 0.6) is 0 Å². The van der Waals surface area contributed by atoms with Crippen molar-refractivity contribution in [2.45, 2.75) is 59.5 Å². The van der Waals surface area contributed by atoms with E-state index in [1.807, 2.05) is 51.7 Å². The molecule has 5 nitrogen and oxygen atoms in total. The van der Waals surface area contributed by atoms with Crippen molar-refractivity contribution >= 4 is 5.97 Å². The third kappa shape index (κ3) is 5.16. The first-order chi connectivity index (χ1) is 14.8. The Morgan fingerprint density at radius 3 is 2.32 bits per heavy atom. The molecule has 3 rings (SSSR count). The Hall–Kier alpha value is -3.08. The number of aromatic carboxylic acids is 1. The smallest absolute Gasteiger partial charge is 0.336 e. The van der Waals surface area contributed by atoms with E-state index < -0.39 is 5.97 Å². The van der Waals surface area contributed by atoms with Gasteiger partial charge in [0.2, 0.25) is 0 Å². The molecule has 5 heteroatoms. The molecule has 2 aromatic carbocycles. The highest BCUT2D eigenvalue weighted by Gasteiger charge is 2.16. The summed E-state index contributed by atoms with van der Waals surface area (Å²) < 4.78 is 3.74. The first kappa shape index (κ1) is 22.6. The Bertz CT molecular complexity index is 1090. The molecule has 0 fully saturated rings.